The first-order valence-corrected chi connectivity index (χ1v) is 10.1. The largest absolute Gasteiger partial charge is 0.371 e. The van der Waals surface area contributed by atoms with Crippen molar-refractivity contribution in [3.63, 3.8) is 0 Å². The molecule has 0 saturated heterocycles. The number of nitrogens with two attached hydrogens (primary N) is 1. The second kappa shape index (κ2) is 9.46. The smallest absolute Gasteiger partial charge is 0.336 e. The van der Waals surface area contributed by atoms with Gasteiger partial charge in [0.25, 0.3) is 5.91 Å². The second-order valence-corrected chi connectivity index (χ2v) is 7.70. The molecule has 33 heavy (non-hydrogen) atoms. The number of alkyl halides is 2. The van der Waals surface area contributed by atoms with Gasteiger partial charge in [-0.3, -0.25) is 4.79 Å². The first-order chi connectivity index (χ1) is 15.8. The van der Waals surface area contributed by atoms with E-state index in [1.807, 2.05) is 0 Å². The summed E-state index contributed by atoms with van der Waals surface area (Å²) in [6, 6.07) is 4.05. The van der Waals surface area contributed by atoms with Gasteiger partial charge in [-0.1, -0.05) is 11.8 Å². The monoisotopic (exact) mass is 461 g/mol. The predicted octanol–water partition coefficient (Wildman–Crippen LogP) is 3.29. The van der Waals surface area contributed by atoms with Gasteiger partial charge in [-0.15, -0.1) is 5.48 Å². The van der Waals surface area contributed by atoms with E-state index in [9.17, 15) is 22.4 Å². The fourth-order valence-electron chi connectivity index (χ4n) is 3.09. The molecule has 1 amide bonds. The molecule has 2 aliphatic rings. The number of aromatic nitrogens is 1. The summed E-state index contributed by atoms with van der Waals surface area (Å²) in [6.07, 6.45) is 4.01. The first kappa shape index (κ1) is 22.5. The van der Waals surface area contributed by atoms with Crippen molar-refractivity contribution >= 4 is 17.6 Å². The molecular weight excluding hydrogens is 442 g/mol. The maximum Gasteiger partial charge on any atom is 0.336 e. The van der Waals surface area contributed by atoms with Crippen LogP contribution in [0.1, 0.15) is 46.8 Å². The number of hydrogen-bond acceptors (Lipinski definition) is 5. The third-order valence-electron chi connectivity index (χ3n) is 5.04. The topological polar surface area (TPSA) is 102 Å². The van der Waals surface area contributed by atoms with Gasteiger partial charge in [-0.05, 0) is 43.0 Å². The van der Waals surface area contributed by atoms with Gasteiger partial charge in [0.15, 0.2) is 11.6 Å². The number of hydrogen-bond donors (Lipinski definition) is 3. The van der Waals surface area contributed by atoms with Crippen molar-refractivity contribution in [1.29, 1.82) is 0 Å². The van der Waals surface area contributed by atoms with Gasteiger partial charge < -0.3 is 15.9 Å². The van der Waals surface area contributed by atoms with E-state index in [-0.39, 0.29) is 16.9 Å². The number of anilines is 1. The van der Waals surface area contributed by atoms with Gasteiger partial charge in [-0.25, -0.2) is 13.8 Å². The van der Waals surface area contributed by atoms with Crippen molar-refractivity contribution in [3.8, 4) is 11.8 Å². The molecule has 172 valence electrons. The number of amides is 1. The molecule has 2 aliphatic carbocycles. The van der Waals surface area contributed by atoms with Crippen LogP contribution >= 0.6 is 0 Å². The molecule has 11 heteroatoms. The molecule has 2 fully saturated rings. The van der Waals surface area contributed by atoms with E-state index in [4.69, 9.17) is 5.73 Å². The molecule has 1 aromatic heterocycles. The van der Waals surface area contributed by atoms with Crippen LogP contribution in [0.25, 0.3) is 0 Å². The maximum absolute atomic E-state index is 14.3. The van der Waals surface area contributed by atoms with Crippen LogP contribution in [0.3, 0.4) is 0 Å². The second-order valence-electron chi connectivity index (χ2n) is 7.70. The Morgan fingerprint density at radius 1 is 1.27 bits per heavy atom. The van der Waals surface area contributed by atoms with Crippen LogP contribution in [0, 0.1) is 29.4 Å². The van der Waals surface area contributed by atoms with Crippen LogP contribution in [0.4, 0.5) is 23.2 Å². The average Bonchev–Trinajstić information content (AvgIpc) is 3.68. The third kappa shape index (κ3) is 5.98. The minimum Gasteiger partial charge on any atom is -0.371 e. The first-order valence-electron chi connectivity index (χ1n) is 10.1. The molecule has 4 rings (SSSR count). The number of rotatable bonds is 6. The molecule has 1 aromatic carbocycles. The number of carbonyl (C=O) groups is 1. The summed E-state index contributed by atoms with van der Waals surface area (Å²) in [4.78, 5) is 23.9. The van der Waals surface area contributed by atoms with Crippen LogP contribution in [-0.2, 0) is 4.84 Å². The summed E-state index contributed by atoms with van der Waals surface area (Å²) in [5, 5.41) is 2.50. The Labute approximate surface area is 186 Å². The van der Waals surface area contributed by atoms with E-state index in [2.05, 4.69) is 37.5 Å². The van der Waals surface area contributed by atoms with Crippen molar-refractivity contribution in [2.75, 3.05) is 5.32 Å². The number of carbonyl (C=O) groups excluding carboxylic acids is 1. The Balaban J connectivity index is 1.40. The Bertz CT molecular complexity index is 1140. The summed E-state index contributed by atoms with van der Waals surface area (Å²) in [5.74, 6) is 3.18. The van der Waals surface area contributed by atoms with Gasteiger partial charge >= 0.3 is 12.6 Å². The van der Waals surface area contributed by atoms with Gasteiger partial charge in [0.1, 0.15) is 5.69 Å². The molecule has 2 aromatic rings. The van der Waals surface area contributed by atoms with E-state index in [0.29, 0.717) is 17.9 Å². The summed E-state index contributed by atoms with van der Waals surface area (Å²) in [5.41, 5.74) is 8.35. The maximum atomic E-state index is 14.3. The third-order valence-corrected chi connectivity index (χ3v) is 5.04. The highest BCUT2D eigenvalue weighted by atomic mass is 19.3. The quantitative estimate of drug-likeness (QED) is 0.153. The molecule has 1 heterocycles. The highest BCUT2D eigenvalue weighted by Crippen LogP contribution is 2.43. The molecule has 0 radical (unpaired) electrons. The summed E-state index contributed by atoms with van der Waals surface area (Å²) in [7, 11) is 0. The lowest BCUT2D eigenvalue weighted by Crippen LogP contribution is -2.29. The molecule has 4 N–H and O–H groups in total. The van der Waals surface area contributed by atoms with Crippen LogP contribution in [0.5, 0.6) is 0 Å². The SMILES string of the molecule is N/C(=N/C(F)F)ON[C@@H]1C[C@@H]1c1cc(NC(=O)c2ccc(C#CC3CC3)cn2)cc(F)c1F. The zero-order valence-corrected chi connectivity index (χ0v) is 17.1. The van der Waals surface area contributed by atoms with Crippen LogP contribution < -0.4 is 16.5 Å². The number of aliphatic imine (C=N–C) groups is 1. The van der Waals surface area contributed by atoms with E-state index >= 15 is 0 Å². The predicted molar refractivity (Wildman–Crippen MR) is 111 cm³/mol. The van der Waals surface area contributed by atoms with Crippen LogP contribution in [0.2, 0.25) is 0 Å². The Hall–Kier alpha value is -3.65. The van der Waals surface area contributed by atoms with Crippen molar-refractivity contribution in [2.45, 2.75) is 37.8 Å². The summed E-state index contributed by atoms with van der Waals surface area (Å²) < 4.78 is 52.7. The minimum absolute atomic E-state index is 0.00516. The number of benzene rings is 1. The number of pyridine rings is 1. The normalized spacial score (nSPS) is 19.6. The van der Waals surface area contributed by atoms with E-state index in [1.54, 1.807) is 6.07 Å². The highest BCUT2D eigenvalue weighted by Gasteiger charge is 2.42. The molecule has 0 aliphatic heterocycles. The summed E-state index contributed by atoms with van der Waals surface area (Å²) in [6.45, 7) is -3.03. The molecule has 2 saturated carbocycles. The van der Waals surface area contributed by atoms with E-state index < -0.39 is 42.1 Å². The fourth-order valence-corrected chi connectivity index (χ4v) is 3.09. The zero-order valence-electron chi connectivity index (χ0n) is 17.1. The van der Waals surface area contributed by atoms with Crippen LogP contribution in [0.15, 0.2) is 35.5 Å². The van der Waals surface area contributed by atoms with Crippen molar-refractivity contribution in [1.82, 2.24) is 10.5 Å². The van der Waals surface area contributed by atoms with E-state index in [0.717, 1.165) is 18.9 Å². The Morgan fingerprint density at radius 2 is 2.06 bits per heavy atom. The molecule has 7 nitrogen and oxygen atoms in total. The van der Waals surface area contributed by atoms with Crippen LogP contribution in [-0.4, -0.2) is 29.5 Å². The minimum atomic E-state index is -3.03. The molecule has 0 unspecified atom stereocenters. The zero-order chi connectivity index (χ0) is 23.5. The van der Waals surface area contributed by atoms with Gasteiger partial charge in [0.05, 0.1) is 6.04 Å². The molecule has 0 spiro atoms. The molecule has 2 atom stereocenters. The van der Waals surface area contributed by atoms with Gasteiger partial charge in [0, 0.05) is 35.3 Å². The van der Waals surface area contributed by atoms with E-state index in [1.165, 1.54) is 18.3 Å². The molecular formula is C22H19F4N5O2. The van der Waals surface area contributed by atoms with Crippen molar-refractivity contribution in [2.24, 2.45) is 16.6 Å². The lowest BCUT2D eigenvalue weighted by molar-refractivity contribution is 0.102. The highest BCUT2D eigenvalue weighted by molar-refractivity contribution is 6.02. The lowest BCUT2D eigenvalue weighted by Gasteiger charge is -2.10. The van der Waals surface area contributed by atoms with Gasteiger partial charge in [0.2, 0.25) is 0 Å². The number of amidine groups is 1. The van der Waals surface area contributed by atoms with Crippen molar-refractivity contribution in [3.05, 3.63) is 58.9 Å². The lowest BCUT2D eigenvalue weighted by atomic mass is 10.1. The number of nitrogens with one attached hydrogen (secondary N) is 2. The molecule has 0 bridgehead atoms. The number of hydroxylamine groups is 1. The van der Waals surface area contributed by atoms with Gasteiger partial charge in [-0.2, -0.15) is 13.8 Å². The van der Waals surface area contributed by atoms with Crippen molar-refractivity contribution < 1.29 is 27.2 Å². The number of nitrogens with zero attached hydrogens (tertiary/aromatic N) is 2. The standard InChI is InChI=1S/C22H19F4N5O2/c23-16-8-13(29-20(32)17-6-5-12(10-28-17)4-3-11-1-2-11)7-15(19(16)24)14-9-18(14)31-33-22(27)30-21(25)26/h5-8,10-11,14,18,21,31H,1-2,9H2,(H2,27,30)(H,29,32)/t14-,18-/m1/s1. The average molecular weight is 461 g/mol. The fraction of sp³-hybridized carbons (Fsp3) is 0.318. The summed E-state index contributed by atoms with van der Waals surface area (Å²) >= 11 is 0. The number of halogens is 4. The Morgan fingerprint density at radius 3 is 2.73 bits per heavy atom. The Kier molecular flexibility index (Phi) is 6.46.